The fraction of sp³-hybridized carbons (Fsp3) is 0.117. The SMILES string of the molecule is CC#N.S=S=S=S=S=S=S=S=S=S=S=S=S=S.[3HH].[3H][3H].[3H][3H].[3H][3H].[3H][3H].[3H][3H].[C-]#[N+]c1ccccc1-c1ccccc1CNC(=O)c1cccc(C(=O)Nc2cc(C)cc(C(F)(F)F)c2)n1.[C-]#[N+]c1ccccc1-c1ccccc1C[N-]C(=O)c1cccc(C(=O)[N-]c2cc(C)cc(C(F)(F)F)c2)n1.[Pd+2]. The molecule has 0 saturated heterocycles. The van der Waals surface area contributed by atoms with E-state index in [4.69, 9.17) is 55.6 Å². The van der Waals surface area contributed by atoms with Crippen molar-refractivity contribution < 1.29 is 82.2 Å². The summed E-state index contributed by atoms with van der Waals surface area (Å²) >= 11 is 9.43. The first-order valence-corrected chi connectivity index (χ1v) is 43.0. The van der Waals surface area contributed by atoms with Crippen molar-refractivity contribution in [3.05, 3.63) is 259 Å². The number of pyridine rings is 2. The number of rotatable bonds is 12. The summed E-state index contributed by atoms with van der Waals surface area (Å²) in [4.78, 5) is 66.2. The number of nitrogens with one attached hydrogen (secondary N) is 2. The zero-order valence-corrected chi connectivity index (χ0v) is 61.1. The number of aryl methyl sites for hydroxylation is 2. The Hall–Kier alpha value is -6.71. The van der Waals surface area contributed by atoms with Crippen molar-refractivity contribution in [2.75, 3.05) is 5.32 Å². The Morgan fingerprint density at radius 1 is 0.553 bits per heavy atom. The molecule has 6 aromatic carbocycles. The van der Waals surface area contributed by atoms with Crippen LogP contribution in [0.2, 0.25) is 0 Å². The van der Waals surface area contributed by atoms with Gasteiger partial charge >= 0.3 is 32.8 Å². The minimum Gasteiger partial charge on any atom is -0.644 e. The molecule has 34 heteroatoms. The number of halogens is 6. The quantitative estimate of drug-likeness (QED) is 0.0684. The topological polar surface area (TPSA) is 179 Å². The maximum Gasteiger partial charge on any atom is 2.00 e. The van der Waals surface area contributed by atoms with E-state index in [9.17, 15) is 45.5 Å². The average molecular weight is 1660 g/mol. The van der Waals surface area contributed by atoms with E-state index >= 15 is 0 Å². The van der Waals surface area contributed by atoms with Gasteiger partial charge in [0.25, 0.3) is 11.8 Å². The van der Waals surface area contributed by atoms with Crippen LogP contribution in [0.1, 0.15) is 98.5 Å². The Bertz CT molecular complexity index is 4580. The van der Waals surface area contributed by atoms with Crippen molar-refractivity contribution in [3.8, 4) is 28.3 Å². The van der Waals surface area contributed by atoms with E-state index < -0.39 is 47.1 Å². The predicted octanol–water partition coefficient (Wildman–Crippen LogP) is 17.0. The first kappa shape index (κ1) is 71.6. The number of hydrogen-bond acceptors (Lipinski definition) is 9. The van der Waals surface area contributed by atoms with E-state index in [1.165, 1.54) is 87.1 Å². The summed E-state index contributed by atoms with van der Waals surface area (Å²) in [7, 11) is 19.9. The maximum absolute atomic E-state index is 13.1. The van der Waals surface area contributed by atoms with Gasteiger partial charge in [0, 0.05) is 164 Å². The van der Waals surface area contributed by atoms with Crippen molar-refractivity contribution in [3.63, 3.8) is 0 Å². The number of aromatic nitrogens is 2. The van der Waals surface area contributed by atoms with Crippen LogP contribution in [0.3, 0.4) is 0 Å². The summed E-state index contributed by atoms with van der Waals surface area (Å²) in [5.74, 6) is -2.86. The normalized spacial score (nSPS) is 10.4. The van der Waals surface area contributed by atoms with Crippen molar-refractivity contribution in [2.24, 2.45) is 0 Å². The molecule has 4 amide bonds. The predicted molar refractivity (Wildman–Crippen MR) is 402 cm³/mol. The molecule has 0 spiro atoms. The monoisotopic (exact) mass is 1660 g/mol. The molecule has 0 unspecified atom stereocenters. The molecule has 0 aliphatic carbocycles. The third-order valence-electron chi connectivity index (χ3n) is 11.5. The van der Waals surface area contributed by atoms with Gasteiger partial charge < -0.3 is 30.9 Å². The number of benzene rings is 6. The summed E-state index contributed by atoms with van der Waals surface area (Å²) < 4.78 is 129. The molecule has 2 N–H and O–H groups in total. The molecule has 0 radical (unpaired) electrons. The van der Waals surface area contributed by atoms with Crippen molar-refractivity contribution in [1.82, 2.24) is 15.3 Å². The van der Waals surface area contributed by atoms with Gasteiger partial charge in [0.15, 0.2) is 11.4 Å². The summed E-state index contributed by atoms with van der Waals surface area (Å²) in [6.07, 6.45) is -9.14. The van der Waals surface area contributed by atoms with Crippen LogP contribution in [-0.2, 0) is 175 Å². The van der Waals surface area contributed by atoms with Gasteiger partial charge in [-0.15, -0.1) is 12.2 Å². The number of nitrogens with zero attached hydrogens (tertiary/aromatic N) is 7. The smallest absolute Gasteiger partial charge is 0.644 e. The molecular weight excluding hydrogens is 1580 g/mol. The summed E-state index contributed by atoms with van der Waals surface area (Å²) in [5, 5.41) is 20.4. The zero-order chi connectivity index (χ0) is 77.8. The summed E-state index contributed by atoms with van der Waals surface area (Å²) in [6, 6.07) is 45.4. The first-order valence-electron chi connectivity index (χ1n) is 30.7. The van der Waals surface area contributed by atoms with Gasteiger partial charge in [-0.1, -0.05) is 132 Å². The number of alkyl halides is 6. The minimum absolute atomic E-state index is 0. The Morgan fingerprint density at radius 3 is 1.46 bits per heavy atom. The number of nitriles is 1. The van der Waals surface area contributed by atoms with E-state index in [1.54, 1.807) is 131 Å². The molecule has 94 heavy (non-hydrogen) atoms. The van der Waals surface area contributed by atoms with Crippen LogP contribution in [0.25, 0.3) is 42.6 Å². The second kappa shape index (κ2) is 42.0. The van der Waals surface area contributed by atoms with Crippen LogP contribution in [0, 0.1) is 38.3 Å². The second-order valence-corrected chi connectivity index (χ2v) is 39.0. The molecule has 8 rings (SSSR count). The van der Waals surface area contributed by atoms with E-state index in [0.717, 1.165) is 57.6 Å². The third kappa shape index (κ3) is 26.8. The van der Waals surface area contributed by atoms with Crippen molar-refractivity contribution in [1.29, 1.82) is 5.26 Å². The fourth-order valence-corrected chi connectivity index (χ4v) is 35.3. The van der Waals surface area contributed by atoms with Gasteiger partial charge in [-0.05, 0) is 95.8 Å². The van der Waals surface area contributed by atoms with Crippen LogP contribution in [0.4, 0.5) is 49.1 Å². The molecule has 13 nitrogen and oxygen atoms in total. The molecule has 0 aliphatic rings. The van der Waals surface area contributed by atoms with Gasteiger partial charge in [-0.25, -0.2) is 19.7 Å². The molecule has 0 fully saturated rings. The average Bonchev–Trinajstić information content (AvgIpc) is 0.836. The molecule has 8 aromatic rings. The van der Waals surface area contributed by atoms with Gasteiger partial charge in [0.2, 0.25) is 0 Å². The van der Waals surface area contributed by atoms with Crippen molar-refractivity contribution in [2.45, 2.75) is 46.2 Å². The van der Waals surface area contributed by atoms with Crippen LogP contribution in [-0.4, -0.2) is 33.6 Å². The maximum atomic E-state index is 13.1. The molecule has 500 valence electrons. The molecule has 0 aliphatic heterocycles. The second-order valence-electron chi connectivity index (χ2n) is 17.7. The number of carbonyl (C=O) groups is 4. The van der Waals surface area contributed by atoms with Gasteiger partial charge in [-0.2, -0.15) is 31.6 Å². The Kier molecular flexibility index (Phi) is 32.0. The summed E-state index contributed by atoms with van der Waals surface area (Å²) in [5.41, 5.74) is 3.66. The molecule has 0 bridgehead atoms. The number of anilines is 1. The largest absolute Gasteiger partial charge is 2.00 e. The number of hydrogen-bond donors (Lipinski definition) is 2. The standard InChI is InChI=1S/2C29H21F3N4O2.C2H3N.Pd.S14.6H2/c2*1-18-14-20(29(30,31)32)16-21(15-18)35-28(38)26-13-7-12-25(36-26)27(37)34-17-19-8-3-4-9-22(19)23-10-5-6-11-24(23)33-2;1-2-3;;1-3-5-7-9-11-13-14-12-10-8-6-4-2;;;;;;/h3-16H,17H2,1H3,(H,34,37)(H,35,38);3-16H,17H2,1H3,(H2,34,35,37,38);1H3;;;6*1H/q;;;+2;;;;;;;/p-2/i;;;;;5*1+2T;1+2. The molecule has 0 saturated carbocycles. The number of amides is 4. The minimum atomic E-state index is -4.58. The third-order valence-corrected chi connectivity index (χ3v) is 35.9. The number of para-hydroxylation sites is 2. The molecule has 2 aromatic heterocycles. The van der Waals surface area contributed by atoms with Gasteiger partial charge in [-0.3, -0.25) is 9.59 Å². The van der Waals surface area contributed by atoms with Gasteiger partial charge in [0.05, 0.1) is 41.7 Å². The van der Waals surface area contributed by atoms with E-state index in [-0.39, 0.29) is 69.1 Å². The van der Waals surface area contributed by atoms with E-state index in [1.807, 2.05) is 60.7 Å². The van der Waals surface area contributed by atoms with E-state index in [0.29, 0.717) is 22.5 Å². The number of carbonyl (C=O) groups excluding carboxylic acids is 4. The van der Waals surface area contributed by atoms with Crippen LogP contribution >= 0.6 is 0 Å². The Labute approximate surface area is 611 Å². The van der Waals surface area contributed by atoms with Crippen LogP contribution < -0.4 is 10.6 Å². The zero-order valence-electron chi connectivity index (χ0n) is 58.1. The van der Waals surface area contributed by atoms with E-state index in [2.05, 4.69) is 40.9 Å². The van der Waals surface area contributed by atoms with Crippen LogP contribution in [0.15, 0.2) is 170 Å². The Balaban J connectivity index is -0.00000146. The first-order chi connectivity index (χ1) is 49.6. The summed E-state index contributed by atoms with van der Waals surface area (Å²) in [6.45, 7) is 19.4. The van der Waals surface area contributed by atoms with Crippen molar-refractivity contribution >= 4 is 175 Å². The fourth-order valence-electron chi connectivity index (χ4n) is 7.81. The van der Waals surface area contributed by atoms with Gasteiger partial charge in [0.1, 0.15) is 23.2 Å². The molecule has 0 atom stereocenters. The molecule has 2 heterocycles. The van der Waals surface area contributed by atoms with Crippen LogP contribution in [0.5, 0.6) is 0 Å². The Morgan fingerprint density at radius 2 is 0.957 bits per heavy atom. The molecular formula is C60H55F6N9O4PdS14.